The smallest absolute Gasteiger partial charge is 0.224 e. The molecule has 0 bridgehead atoms. The first-order valence-corrected chi connectivity index (χ1v) is 6.78. The first kappa shape index (κ1) is 14.3. The molecule has 106 valence electrons. The van der Waals surface area contributed by atoms with Crippen LogP contribution in [0.2, 0.25) is 0 Å². The molecule has 5 nitrogen and oxygen atoms in total. The summed E-state index contributed by atoms with van der Waals surface area (Å²) in [4.78, 5) is 12.1. The Balaban J connectivity index is 1.79. The van der Waals surface area contributed by atoms with Crippen LogP contribution in [0.4, 0.5) is 0 Å². The fraction of sp³-hybridized carbons (Fsp3) is 0.333. The minimum atomic E-state index is -0.185. The number of nitrogens with zero attached hydrogens (tertiary/aromatic N) is 2. The summed E-state index contributed by atoms with van der Waals surface area (Å²) in [6.45, 7) is 1.58. The molecule has 1 aromatic carbocycles. The number of hydrogen-bond acceptors (Lipinski definition) is 3. The zero-order chi connectivity index (χ0) is 14.2. The average molecular weight is 272 g/mol. The van der Waals surface area contributed by atoms with E-state index >= 15 is 0 Å². The van der Waals surface area contributed by atoms with Crippen molar-refractivity contribution in [3.05, 3.63) is 54.4 Å². The van der Waals surface area contributed by atoms with Gasteiger partial charge in [0.15, 0.2) is 0 Å². The van der Waals surface area contributed by atoms with Crippen molar-refractivity contribution in [2.45, 2.75) is 13.0 Å². The highest BCUT2D eigenvalue weighted by Crippen LogP contribution is 2.07. The van der Waals surface area contributed by atoms with Crippen LogP contribution in [0, 0.1) is 5.92 Å². The molecule has 1 unspecified atom stereocenters. The average Bonchev–Trinajstić information content (AvgIpc) is 2.99. The van der Waals surface area contributed by atoms with Gasteiger partial charge in [0.05, 0.1) is 12.5 Å². The molecule has 2 aromatic rings. The Kier molecular flexibility index (Phi) is 5.32. The van der Waals surface area contributed by atoms with Crippen LogP contribution >= 0.6 is 0 Å². The van der Waals surface area contributed by atoms with Gasteiger partial charge in [-0.25, -0.2) is 0 Å². The van der Waals surface area contributed by atoms with Gasteiger partial charge >= 0.3 is 0 Å². The Morgan fingerprint density at radius 2 is 2.10 bits per heavy atom. The summed E-state index contributed by atoms with van der Waals surface area (Å²) in [6.07, 6.45) is 4.27. The number of benzene rings is 1. The second-order valence-corrected chi connectivity index (χ2v) is 4.68. The molecule has 0 aliphatic heterocycles. The van der Waals surface area contributed by atoms with E-state index < -0.39 is 0 Å². The third-order valence-electron chi connectivity index (χ3n) is 3.18. The number of nitrogens with one attached hydrogen (secondary N) is 1. The van der Waals surface area contributed by atoms with Crippen molar-refractivity contribution < 1.29 is 4.79 Å². The van der Waals surface area contributed by atoms with Crippen LogP contribution < -0.4 is 11.1 Å². The minimum absolute atomic E-state index is 0.00325. The number of carbonyl (C=O) groups excluding carboxylic acids is 1. The highest BCUT2D eigenvalue weighted by atomic mass is 16.1. The van der Waals surface area contributed by atoms with Crippen molar-refractivity contribution in [2.24, 2.45) is 11.7 Å². The highest BCUT2D eigenvalue weighted by Gasteiger charge is 2.16. The van der Waals surface area contributed by atoms with E-state index in [1.54, 1.807) is 10.9 Å². The lowest BCUT2D eigenvalue weighted by atomic mass is 9.98. The molecule has 0 aliphatic rings. The van der Waals surface area contributed by atoms with Gasteiger partial charge in [0, 0.05) is 25.5 Å². The van der Waals surface area contributed by atoms with Gasteiger partial charge in [-0.05, 0) is 18.1 Å². The first-order chi connectivity index (χ1) is 9.79. The molecule has 1 amide bonds. The van der Waals surface area contributed by atoms with E-state index in [1.807, 2.05) is 42.6 Å². The van der Waals surface area contributed by atoms with E-state index in [1.165, 1.54) is 0 Å². The summed E-state index contributed by atoms with van der Waals surface area (Å²) in [5.74, 6) is -0.182. The molecular weight excluding hydrogens is 252 g/mol. The maximum absolute atomic E-state index is 12.1. The summed E-state index contributed by atoms with van der Waals surface area (Å²) < 4.78 is 1.79. The Morgan fingerprint density at radius 1 is 1.30 bits per heavy atom. The normalized spacial score (nSPS) is 12.1. The third kappa shape index (κ3) is 4.20. The summed E-state index contributed by atoms with van der Waals surface area (Å²) in [6, 6.07) is 11.8. The predicted molar refractivity (Wildman–Crippen MR) is 77.9 cm³/mol. The Labute approximate surface area is 118 Å². The summed E-state index contributed by atoms with van der Waals surface area (Å²) in [5, 5.41) is 7.00. The van der Waals surface area contributed by atoms with Gasteiger partial charge < -0.3 is 11.1 Å². The van der Waals surface area contributed by atoms with Crippen LogP contribution in [0.25, 0.3) is 0 Å². The molecule has 0 saturated carbocycles. The lowest BCUT2D eigenvalue weighted by Crippen LogP contribution is -2.37. The number of aromatic nitrogens is 2. The number of nitrogens with two attached hydrogens (primary N) is 1. The van der Waals surface area contributed by atoms with Gasteiger partial charge in [-0.2, -0.15) is 5.10 Å². The lowest BCUT2D eigenvalue weighted by Gasteiger charge is -2.15. The molecule has 0 aliphatic carbocycles. The van der Waals surface area contributed by atoms with Crippen LogP contribution in [0.1, 0.15) is 5.56 Å². The maximum Gasteiger partial charge on any atom is 0.224 e. The van der Waals surface area contributed by atoms with Gasteiger partial charge in [0.2, 0.25) is 5.91 Å². The number of amides is 1. The number of carbonyl (C=O) groups is 1. The van der Waals surface area contributed by atoms with Crippen LogP contribution in [0.15, 0.2) is 48.8 Å². The van der Waals surface area contributed by atoms with Crippen LogP contribution in [-0.2, 0) is 17.8 Å². The van der Waals surface area contributed by atoms with Crippen molar-refractivity contribution in [1.82, 2.24) is 15.1 Å². The van der Waals surface area contributed by atoms with E-state index in [2.05, 4.69) is 10.4 Å². The summed E-state index contributed by atoms with van der Waals surface area (Å²) in [5.41, 5.74) is 6.84. The van der Waals surface area contributed by atoms with E-state index in [9.17, 15) is 4.79 Å². The molecular formula is C15H20N4O. The number of rotatable bonds is 7. The molecule has 0 radical (unpaired) electrons. The Hall–Kier alpha value is -2.14. The number of hydrogen-bond donors (Lipinski definition) is 2. The molecule has 3 N–H and O–H groups in total. The Bertz CT molecular complexity index is 510. The van der Waals surface area contributed by atoms with Crippen LogP contribution in [0.5, 0.6) is 0 Å². The topological polar surface area (TPSA) is 72.9 Å². The van der Waals surface area contributed by atoms with Crippen molar-refractivity contribution in [3.8, 4) is 0 Å². The molecule has 0 fully saturated rings. The molecule has 5 heteroatoms. The first-order valence-electron chi connectivity index (χ1n) is 6.78. The molecule has 20 heavy (non-hydrogen) atoms. The monoisotopic (exact) mass is 272 g/mol. The molecule has 1 heterocycles. The van der Waals surface area contributed by atoms with Crippen molar-refractivity contribution in [1.29, 1.82) is 0 Å². The molecule has 1 atom stereocenters. The fourth-order valence-corrected chi connectivity index (χ4v) is 2.05. The molecule has 0 spiro atoms. The summed E-state index contributed by atoms with van der Waals surface area (Å²) in [7, 11) is 0. The highest BCUT2D eigenvalue weighted by molar-refractivity contribution is 5.79. The fourth-order valence-electron chi connectivity index (χ4n) is 2.05. The van der Waals surface area contributed by atoms with Gasteiger partial charge in [-0.1, -0.05) is 30.3 Å². The van der Waals surface area contributed by atoms with E-state index in [0.717, 1.165) is 5.56 Å². The second kappa shape index (κ2) is 7.45. The molecule has 0 saturated heterocycles. The van der Waals surface area contributed by atoms with Crippen LogP contribution in [0.3, 0.4) is 0 Å². The van der Waals surface area contributed by atoms with Gasteiger partial charge in [0.25, 0.3) is 0 Å². The maximum atomic E-state index is 12.1. The van der Waals surface area contributed by atoms with E-state index in [-0.39, 0.29) is 11.8 Å². The third-order valence-corrected chi connectivity index (χ3v) is 3.18. The van der Waals surface area contributed by atoms with Crippen molar-refractivity contribution >= 4 is 5.91 Å². The minimum Gasteiger partial charge on any atom is -0.354 e. The van der Waals surface area contributed by atoms with E-state index in [0.29, 0.717) is 26.1 Å². The van der Waals surface area contributed by atoms with Gasteiger partial charge in [-0.15, -0.1) is 0 Å². The molecule has 2 rings (SSSR count). The predicted octanol–water partition coefficient (Wildman–Crippen LogP) is 0.817. The van der Waals surface area contributed by atoms with Crippen LogP contribution in [-0.4, -0.2) is 28.8 Å². The van der Waals surface area contributed by atoms with Crippen molar-refractivity contribution in [3.63, 3.8) is 0 Å². The molecule has 1 aromatic heterocycles. The summed E-state index contributed by atoms with van der Waals surface area (Å²) >= 11 is 0. The van der Waals surface area contributed by atoms with Gasteiger partial charge in [0.1, 0.15) is 0 Å². The SMILES string of the molecule is NCC(Cc1ccccc1)C(=O)NCCn1cccn1. The largest absolute Gasteiger partial charge is 0.354 e. The zero-order valence-electron chi connectivity index (χ0n) is 11.4. The standard InChI is InChI=1S/C15H20N4O/c16-12-14(11-13-5-2-1-3-6-13)15(20)17-8-10-19-9-4-7-18-19/h1-7,9,14H,8,10-12,16H2,(H,17,20). The van der Waals surface area contributed by atoms with E-state index in [4.69, 9.17) is 5.73 Å². The second-order valence-electron chi connectivity index (χ2n) is 4.68. The van der Waals surface area contributed by atoms with Gasteiger partial charge in [-0.3, -0.25) is 9.48 Å². The Morgan fingerprint density at radius 3 is 2.75 bits per heavy atom. The van der Waals surface area contributed by atoms with Crippen molar-refractivity contribution in [2.75, 3.05) is 13.1 Å². The lowest BCUT2D eigenvalue weighted by molar-refractivity contribution is -0.124. The zero-order valence-corrected chi connectivity index (χ0v) is 11.4. The quantitative estimate of drug-likeness (QED) is 0.783.